The monoisotopic (exact) mass is 337 g/mol. The zero-order valence-electron chi connectivity index (χ0n) is 11.6. The number of hydrogen-bond donors (Lipinski definition) is 2. The van der Waals surface area contributed by atoms with Gasteiger partial charge in [-0.15, -0.1) is 0 Å². The number of fused-ring (bicyclic) bond motifs is 1. The van der Waals surface area contributed by atoms with Gasteiger partial charge in [0.05, 0.1) is 12.7 Å². The predicted molar refractivity (Wildman–Crippen MR) is 84.7 cm³/mol. The minimum absolute atomic E-state index is 0.0786. The predicted octanol–water partition coefficient (Wildman–Crippen LogP) is 2.48. The molecule has 1 aromatic carbocycles. The third-order valence-corrected chi connectivity index (χ3v) is 4.38. The molecule has 1 aromatic heterocycles. The summed E-state index contributed by atoms with van der Waals surface area (Å²) < 4.78 is 6.83. The van der Waals surface area contributed by atoms with Crippen LogP contribution in [0.4, 0.5) is 0 Å². The molecule has 2 atom stereocenters. The summed E-state index contributed by atoms with van der Waals surface area (Å²) in [4.78, 5) is 5.75. The molecule has 0 radical (unpaired) electrons. The lowest BCUT2D eigenvalue weighted by atomic mass is 10.1. The maximum atomic E-state index is 5.95. The van der Waals surface area contributed by atoms with Crippen LogP contribution in [-0.2, 0) is 11.3 Å². The van der Waals surface area contributed by atoms with Gasteiger partial charge in [0.2, 0.25) is 0 Å². The van der Waals surface area contributed by atoms with Gasteiger partial charge >= 0.3 is 0 Å². The molecule has 2 aromatic rings. The number of halogens is 1. The van der Waals surface area contributed by atoms with E-state index in [1.54, 1.807) is 0 Å². The fourth-order valence-electron chi connectivity index (χ4n) is 2.72. The van der Waals surface area contributed by atoms with E-state index in [1.165, 1.54) is 16.5 Å². The maximum Gasteiger partial charge on any atom is 0.0850 e. The van der Waals surface area contributed by atoms with Crippen LogP contribution in [0.1, 0.15) is 12.5 Å². The van der Waals surface area contributed by atoms with Crippen LogP contribution in [-0.4, -0.2) is 41.7 Å². The minimum Gasteiger partial charge on any atom is -0.374 e. The summed E-state index contributed by atoms with van der Waals surface area (Å²) in [6.07, 6.45) is 2.24. The molecule has 1 saturated heterocycles. The van der Waals surface area contributed by atoms with Gasteiger partial charge < -0.3 is 15.5 Å². The van der Waals surface area contributed by atoms with Crippen molar-refractivity contribution in [2.75, 3.05) is 19.7 Å². The largest absolute Gasteiger partial charge is 0.374 e. The minimum atomic E-state index is 0.0786. The molecule has 0 spiro atoms. The molecule has 5 heteroatoms. The van der Waals surface area contributed by atoms with Crippen molar-refractivity contribution in [1.29, 1.82) is 0 Å². The average Bonchev–Trinajstić information content (AvgIpc) is 2.82. The van der Waals surface area contributed by atoms with E-state index in [0.29, 0.717) is 0 Å². The molecular weight excluding hydrogens is 318 g/mol. The Morgan fingerprint density at radius 2 is 2.40 bits per heavy atom. The zero-order valence-corrected chi connectivity index (χ0v) is 13.2. The molecule has 108 valence electrons. The van der Waals surface area contributed by atoms with Crippen LogP contribution >= 0.6 is 15.9 Å². The van der Waals surface area contributed by atoms with Crippen LogP contribution in [0, 0.1) is 0 Å². The van der Waals surface area contributed by atoms with Crippen molar-refractivity contribution in [3.63, 3.8) is 0 Å². The first-order valence-electron chi connectivity index (χ1n) is 6.98. The van der Waals surface area contributed by atoms with Gasteiger partial charge in [0.15, 0.2) is 0 Å². The molecule has 2 heterocycles. The number of hydrogen-bond acceptors (Lipinski definition) is 3. The molecule has 20 heavy (non-hydrogen) atoms. The summed E-state index contributed by atoms with van der Waals surface area (Å²) in [7, 11) is 0. The van der Waals surface area contributed by atoms with Gasteiger partial charge in [-0.25, -0.2) is 0 Å². The highest BCUT2D eigenvalue weighted by molar-refractivity contribution is 9.10. The number of ether oxygens (including phenoxy) is 1. The van der Waals surface area contributed by atoms with Crippen LogP contribution in [0.2, 0.25) is 0 Å². The van der Waals surface area contributed by atoms with Crippen LogP contribution in [0.5, 0.6) is 0 Å². The molecule has 0 saturated carbocycles. The Bertz CT molecular complexity index is 596. The van der Waals surface area contributed by atoms with Gasteiger partial charge in [-0.2, -0.15) is 0 Å². The van der Waals surface area contributed by atoms with Crippen molar-refractivity contribution in [1.82, 2.24) is 9.88 Å². The highest BCUT2D eigenvalue weighted by atomic mass is 79.9. The molecule has 1 fully saturated rings. The Morgan fingerprint density at radius 3 is 3.20 bits per heavy atom. The Hall–Kier alpha value is -0.880. The van der Waals surface area contributed by atoms with Crippen molar-refractivity contribution >= 4 is 26.8 Å². The number of nitrogens with two attached hydrogens (primary N) is 1. The topological polar surface area (TPSA) is 54.3 Å². The first kappa shape index (κ1) is 14.1. The first-order valence-corrected chi connectivity index (χ1v) is 7.78. The van der Waals surface area contributed by atoms with E-state index in [0.717, 1.165) is 30.7 Å². The van der Waals surface area contributed by atoms with E-state index < -0.39 is 0 Å². The van der Waals surface area contributed by atoms with Gasteiger partial charge in [0.1, 0.15) is 0 Å². The third-order valence-electron chi connectivity index (χ3n) is 3.89. The number of morpholine rings is 1. The second-order valence-electron chi connectivity index (χ2n) is 5.51. The summed E-state index contributed by atoms with van der Waals surface area (Å²) in [6.45, 7) is 5.57. The van der Waals surface area contributed by atoms with E-state index in [1.807, 2.05) is 6.92 Å². The number of aromatic amines is 1. The summed E-state index contributed by atoms with van der Waals surface area (Å²) in [5.74, 6) is 0. The van der Waals surface area contributed by atoms with E-state index in [2.05, 4.69) is 50.2 Å². The first-order chi connectivity index (χ1) is 9.63. The molecule has 0 bridgehead atoms. The fraction of sp³-hybridized carbons (Fsp3) is 0.467. The number of benzene rings is 1. The molecule has 1 aliphatic rings. The number of nitrogens with one attached hydrogen (secondary N) is 1. The van der Waals surface area contributed by atoms with Crippen molar-refractivity contribution in [3.05, 3.63) is 34.4 Å². The highest BCUT2D eigenvalue weighted by Crippen LogP contribution is 2.24. The van der Waals surface area contributed by atoms with Gasteiger partial charge in [0, 0.05) is 47.2 Å². The van der Waals surface area contributed by atoms with Gasteiger partial charge in [-0.1, -0.05) is 15.9 Å². The molecular formula is C15H20BrN3O. The summed E-state index contributed by atoms with van der Waals surface area (Å²) in [5.41, 5.74) is 8.46. The van der Waals surface area contributed by atoms with Gasteiger partial charge in [-0.3, -0.25) is 4.90 Å². The Kier molecular flexibility index (Phi) is 4.12. The smallest absolute Gasteiger partial charge is 0.0850 e. The number of aromatic nitrogens is 1. The van der Waals surface area contributed by atoms with Crippen LogP contribution < -0.4 is 5.73 Å². The SMILES string of the molecule is CC(N)C1CN(Cc2c[nH]c3ccc(Br)cc23)CCO1. The lowest BCUT2D eigenvalue weighted by Crippen LogP contribution is -2.49. The van der Waals surface area contributed by atoms with Gasteiger partial charge in [0.25, 0.3) is 0 Å². The number of nitrogens with zero attached hydrogens (tertiary/aromatic N) is 1. The summed E-state index contributed by atoms with van der Waals surface area (Å²) >= 11 is 3.54. The van der Waals surface area contributed by atoms with Crippen molar-refractivity contribution in [2.45, 2.75) is 25.6 Å². The van der Waals surface area contributed by atoms with E-state index in [-0.39, 0.29) is 12.1 Å². The van der Waals surface area contributed by atoms with Gasteiger partial charge in [-0.05, 0) is 30.7 Å². The zero-order chi connectivity index (χ0) is 14.1. The molecule has 1 aliphatic heterocycles. The Balaban J connectivity index is 1.77. The Morgan fingerprint density at radius 1 is 1.55 bits per heavy atom. The van der Waals surface area contributed by atoms with Crippen LogP contribution in [0.25, 0.3) is 10.9 Å². The fourth-order valence-corrected chi connectivity index (χ4v) is 3.08. The molecule has 4 nitrogen and oxygen atoms in total. The van der Waals surface area contributed by atoms with Crippen LogP contribution in [0.15, 0.2) is 28.9 Å². The lowest BCUT2D eigenvalue weighted by molar-refractivity contribution is -0.0402. The number of H-pyrrole nitrogens is 1. The molecule has 0 amide bonds. The second kappa shape index (κ2) is 5.85. The van der Waals surface area contributed by atoms with E-state index >= 15 is 0 Å². The summed E-state index contributed by atoms with van der Waals surface area (Å²) in [5, 5.41) is 1.28. The van der Waals surface area contributed by atoms with Crippen molar-refractivity contribution in [2.24, 2.45) is 5.73 Å². The molecule has 3 rings (SSSR count). The highest BCUT2D eigenvalue weighted by Gasteiger charge is 2.23. The van der Waals surface area contributed by atoms with Crippen molar-refractivity contribution in [3.8, 4) is 0 Å². The quantitative estimate of drug-likeness (QED) is 0.904. The lowest BCUT2D eigenvalue weighted by Gasteiger charge is -2.34. The van der Waals surface area contributed by atoms with E-state index in [4.69, 9.17) is 10.5 Å². The normalized spacial score (nSPS) is 22.2. The van der Waals surface area contributed by atoms with Crippen LogP contribution in [0.3, 0.4) is 0 Å². The third kappa shape index (κ3) is 2.91. The maximum absolute atomic E-state index is 5.95. The average molecular weight is 338 g/mol. The van der Waals surface area contributed by atoms with E-state index in [9.17, 15) is 0 Å². The number of rotatable bonds is 3. The standard InChI is InChI=1S/C15H20BrN3O/c1-10(17)15-9-19(4-5-20-15)8-11-7-18-14-3-2-12(16)6-13(11)14/h2-3,6-7,10,15,18H,4-5,8-9,17H2,1H3. The second-order valence-corrected chi connectivity index (χ2v) is 6.42. The van der Waals surface area contributed by atoms with Crippen molar-refractivity contribution < 1.29 is 4.74 Å². The molecule has 2 unspecified atom stereocenters. The summed E-state index contributed by atoms with van der Waals surface area (Å²) in [6, 6.07) is 6.41. The Labute approximate surface area is 127 Å². The molecule has 0 aliphatic carbocycles. The molecule has 3 N–H and O–H groups in total.